The van der Waals surface area contributed by atoms with Crippen molar-refractivity contribution in [1.29, 1.82) is 0 Å². The van der Waals surface area contributed by atoms with E-state index in [-0.39, 0.29) is 5.54 Å². The first-order valence-electron chi connectivity index (χ1n) is 7.28. The summed E-state index contributed by atoms with van der Waals surface area (Å²) < 4.78 is 2.36. The highest BCUT2D eigenvalue weighted by atomic mass is 35.5. The summed E-state index contributed by atoms with van der Waals surface area (Å²) in [6, 6.07) is 8.45. The van der Waals surface area contributed by atoms with Crippen LogP contribution in [0.1, 0.15) is 31.2 Å². The number of benzene rings is 1. The summed E-state index contributed by atoms with van der Waals surface area (Å²) in [7, 11) is 0. The third-order valence-electron chi connectivity index (χ3n) is 4.69. The fourth-order valence-electron chi connectivity index (χ4n) is 3.70. The summed E-state index contributed by atoms with van der Waals surface area (Å²) >= 11 is 7.97. The molecule has 0 radical (unpaired) electrons. The van der Waals surface area contributed by atoms with Crippen LogP contribution in [-0.2, 0) is 5.54 Å². The first kappa shape index (κ1) is 12.8. The lowest BCUT2D eigenvalue weighted by atomic mass is 9.87. The predicted octanol–water partition coefficient (Wildman–Crippen LogP) is 3.70. The fraction of sp³-hybridized carbons (Fsp3) is 0.533. The van der Waals surface area contributed by atoms with Crippen LogP contribution in [0.4, 0.5) is 0 Å². The van der Waals surface area contributed by atoms with Gasteiger partial charge in [-0.1, -0.05) is 36.6 Å². The number of guanidine groups is 1. The van der Waals surface area contributed by atoms with Gasteiger partial charge in [0.2, 0.25) is 5.96 Å². The van der Waals surface area contributed by atoms with Crippen LogP contribution in [-0.4, -0.2) is 34.1 Å². The van der Waals surface area contributed by atoms with Gasteiger partial charge in [-0.15, -0.1) is 0 Å². The lowest BCUT2D eigenvalue weighted by Gasteiger charge is -2.39. The van der Waals surface area contributed by atoms with E-state index in [1.165, 1.54) is 37.2 Å². The van der Waals surface area contributed by atoms with Crippen LogP contribution in [0.2, 0.25) is 5.02 Å². The van der Waals surface area contributed by atoms with Gasteiger partial charge in [0.05, 0.1) is 24.5 Å². The highest BCUT2D eigenvalue weighted by molar-refractivity contribution is 7.97. The minimum Gasteiger partial charge on any atom is -0.321 e. The molecule has 0 unspecified atom stereocenters. The van der Waals surface area contributed by atoms with E-state index in [2.05, 4.69) is 21.3 Å². The Balaban J connectivity index is 1.75. The number of rotatable bonds is 2. The molecule has 3 nitrogen and oxygen atoms in total. The zero-order chi connectivity index (χ0) is 13.6. The Morgan fingerprint density at radius 3 is 2.65 bits per heavy atom. The highest BCUT2D eigenvalue weighted by Crippen LogP contribution is 2.48. The molecule has 1 saturated heterocycles. The predicted molar refractivity (Wildman–Crippen MR) is 84.9 cm³/mol. The fourth-order valence-corrected chi connectivity index (χ4v) is 4.92. The average Bonchev–Trinajstić information content (AvgIpc) is 3.15. The highest BCUT2D eigenvalue weighted by Gasteiger charge is 2.47. The first-order chi connectivity index (χ1) is 9.79. The molecule has 0 amide bonds. The molecule has 2 fully saturated rings. The molecule has 1 aromatic carbocycles. The Labute approximate surface area is 129 Å². The van der Waals surface area contributed by atoms with E-state index in [0.717, 1.165) is 24.0 Å². The van der Waals surface area contributed by atoms with Gasteiger partial charge < -0.3 is 4.90 Å². The van der Waals surface area contributed by atoms with Crippen molar-refractivity contribution in [1.82, 2.24) is 9.21 Å². The Morgan fingerprint density at radius 2 is 1.90 bits per heavy atom. The molecule has 5 heteroatoms. The second-order valence-electron chi connectivity index (χ2n) is 5.72. The largest absolute Gasteiger partial charge is 0.321 e. The number of hydrogen-bond acceptors (Lipinski definition) is 4. The molecule has 2 heterocycles. The van der Waals surface area contributed by atoms with Gasteiger partial charge >= 0.3 is 0 Å². The summed E-state index contributed by atoms with van der Waals surface area (Å²) in [5.41, 5.74) is 1.53. The van der Waals surface area contributed by atoms with Gasteiger partial charge in [0.1, 0.15) is 0 Å². The van der Waals surface area contributed by atoms with E-state index < -0.39 is 0 Å². The smallest absolute Gasteiger partial charge is 0.208 e. The quantitative estimate of drug-likeness (QED) is 0.776. The summed E-state index contributed by atoms with van der Waals surface area (Å²) in [4.78, 5) is 7.28. The number of hydrogen-bond donors (Lipinski definition) is 0. The van der Waals surface area contributed by atoms with Crippen molar-refractivity contribution in [2.45, 2.75) is 31.2 Å². The molecule has 0 aromatic heterocycles. The van der Waals surface area contributed by atoms with Crippen LogP contribution in [0.5, 0.6) is 0 Å². The molecule has 0 atom stereocenters. The van der Waals surface area contributed by atoms with Crippen molar-refractivity contribution in [2.24, 2.45) is 4.99 Å². The molecule has 0 N–H and O–H groups in total. The van der Waals surface area contributed by atoms with Crippen LogP contribution < -0.4 is 0 Å². The third kappa shape index (κ3) is 1.85. The summed E-state index contributed by atoms with van der Waals surface area (Å²) in [6.07, 6.45) is 5.05. The van der Waals surface area contributed by atoms with Gasteiger partial charge in [0.25, 0.3) is 0 Å². The van der Waals surface area contributed by atoms with Crippen molar-refractivity contribution in [2.75, 3.05) is 19.0 Å². The van der Waals surface area contributed by atoms with Gasteiger partial charge in [-0.25, -0.2) is 0 Å². The van der Waals surface area contributed by atoms with E-state index in [9.17, 15) is 0 Å². The molecule has 0 bridgehead atoms. The molecule has 106 valence electrons. The van der Waals surface area contributed by atoms with Crippen LogP contribution >= 0.6 is 23.5 Å². The molecule has 4 rings (SSSR count). The first-order valence-corrected chi connectivity index (χ1v) is 8.60. The van der Waals surface area contributed by atoms with E-state index in [1.54, 1.807) is 0 Å². The molecular weight excluding hydrogens is 290 g/mol. The van der Waals surface area contributed by atoms with Crippen molar-refractivity contribution in [3.8, 4) is 0 Å². The monoisotopic (exact) mass is 307 g/mol. The molecule has 1 aromatic rings. The Kier molecular flexibility index (Phi) is 3.11. The normalized spacial score (nSPS) is 24.1. The summed E-state index contributed by atoms with van der Waals surface area (Å²) in [6.45, 7) is 2.00. The van der Waals surface area contributed by atoms with Crippen LogP contribution in [0.25, 0.3) is 0 Å². The maximum Gasteiger partial charge on any atom is 0.208 e. The molecule has 3 aliphatic rings. The van der Waals surface area contributed by atoms with E-state index >= 15 is 0 Å². The van der Waals surface area contributed by atoms with Gasteiger partial charge in [-0.3, -0.25) is 9.30 Å². The molecule has 0 spiro atoms. The van der Waals surface area contributed by atoms with Crippen LogP contribution in [0.3, 0.4) is 0 Å². The minimum absolute atomic E-state index is 0.134. The third-order valence-corrected chi connectivity index (χ3v) is 5.98. The summed E-state index contributed by atoms with van der Waals surface area (Å²) in [5, 5.41) is 0.817. The van der Waals surface area contributed by atoms with Gasteiger partial charge in [0, 0.05) is 5.02 Å². The second kappa shape index (κ2) is 4.85. The van der Waals surface area contributed by atoms with Crippen molar-refractivity contribution in [3.05, 3.63) is 34.9 Å². The van der Waals surface area contributed by atoms with E-state index in [4.69, 9.17) is 16.6 Å². The van der Waals surface area contributed by atoms with Crippen molar-refractivity contribution < 1.29 is 0 Å². The number of fused-ring (bicyclic) bond motifs is 1. The molecule has 20 heavy (non-hydrogen) atoms. The second-order valence-corrected chi connectivity index (χ2v) is 7.11. The maximum absolute atomic E-state index is 6.06. The zero-order valence-electron chi connectivity index (χ0n) is 11.4. The average molecular weight is 308 g/mol. The minimum atomic E-state index is 0.134. The number of nitrogens with zero attached hydrogens (tertiary/aromatic N) is 3. The van der Waals surface area contributed by atoms with Crippen LogP contribution in [0.15, 0.2) is 29.3 Å². The lowest BCUT2D eigenvalue weighted by Crippen LogP contribution is -2.46. The van der Waals surface area contributed by atoms with E-state index in [0.29, 0.717) is 0 Å². The number of halogens is 1. The SMILES string of the molecule is Clc1ccc(C2(N3CSN4CCN=C43)CCCC2)cc1. The van der Waals surface area contributed by atoms with Gasteiger partial charge in [0.15, 0.2) is 0 Å². The Hall–Kier alpha value is -0.870. The van der Waals surface area contributed by atoms with Gasteiger partial charge in [-0.2, -0.15) is 0 Å². The standard InChI is InChI=1S/C15H18ClN3S/c16-13-5-3-12(4-6-13)15(7-1-2-8-15)18-11-20-19-10-9-17-14(18)19/h3-6H,1-2,7-11H2. The summed E-state index contributed by atoms with van der Waals surface area (Å²) in [5.74, 6) is 2.23. The maximum atomic E-state index is 6.06. The molecule has 2 aliphatic heterocycles. The van der Waals surface area contributed by atoms with Gasteiger partial charge in [-0.05, 0) is 42.5 Å². The van der Waals surface area contributed by atoms with Crippen molar-refractivity contribution >= 4 is 29.5 Å². The molecule has 1 aliphatic carbocycles. The molecular formula is C15H18ClN3S. The zero-order valence-corrected chi connectivity index (χ0v) is 13.0. The Morgan fingerprint density at radius 1 is 1.15 bits per heavy atom. The lowest BCUT2D eigenvalue weighted by molar-refractivity contribution is 0.202. The van der Waals surface area contributed by atoms with Crippen LogP contribution in [0, 0.1) is 0 Å². The Bertz CT molecular complexity index is 537. The number of aliphatic imine (C=N–C) groups is 1. The van der Waals surface area contributed by atoms with Crippen molar-refractivity contribution in [3.63, 3.8) is 0 Å². The molecule has 1 saturated carbocycles. The topological polar surface area (TPSA) is 18.8 Å². The van der Waals surface area contributed by atoms with E-state index in [1.807, 2.05) is 24.1 Å².